The molecule has 0 aliphatic heterocycles. The normalized spacial score (nSPS) is 19.6. The van der Waals surface area contributed by atoms with Crippen LogP contribution in [0.15, 0.2) is 0 Å². The predicted octanol–water partition coefficient (Wildman–Crippen LogP) is 1.47. The van der Waals surface area contributed by atoms with Gasteiger partial charge in [-0.25, -0.2) is 0 Å². The molecular formula is C12H26N2O. The third kappa shape index (κ3) is 3.44. The van der Waals surface area contributed by atoms with Gasteiger partial charge in [-0.1, -0.05) is 0 Å². The Labute approximate surface area is 94.0 Å². The summed E-state index contributed by atoms with van der Waals surface area (Å²) >= 11 is 0. The number of nitrogens with zero attached hydrogens (tertiary/aromatic N) is 1. The SMILES string of the molecule is COCCN(C(C)C1CC1)C(C)(C)CN. The second kappa shape index (κ2) is 5.28. The second-order valence-corrected chi connectivity index (χ2v) is 5.28. The third-order valence-corrected chi connectivity index (χ3v) is 3.61. The lowest BCUT2D eigenvalue weighted by atomic mass is 9.99. The lowest BCUT2D eigenvalue weighted by Crippen LogP contribution is -2.55. The molecule has 1 saturated carbocycles. The van der Waals surface area contributed by atoms with Crippen LogP contribution in [0.5, 0.6) is 0 Å². The smallest absolute Gasteiger partial charge is 0.0590 e. The second-order valence-electron chi connectivity index (χ2n) is 5.28. The van der Waals surface area contributed by atoms with Crippen molar-refractivity contribution in [2.45, 2.75) is 45.2 Å². The zero-order chi connectivity index (χ0) is 11.5. The first-order chi connectivity index (χ1) is 7.03. The Balaban J connectivity index is 2.58. The molecule has 0 spiro atoms. The van der Waals surface area contributed by atoms with Crippen molar-refractivity contribution in [2.24, 2.45) is 11.7 Å². The highest BCUT2D eigenvalue weighted by molar-refractivity contribution is 4.92. The van der Waals surface area contributed by atoms with Crippen molar-refractivity contribution in [3.63, 3.8) is 0 Å². The molecule has 3 heteroatoms. The molecule has 0 aromatic heterocycles. The molecular weight excluding hydrogens is 188 g/mol. The number of rotatable bonds is 7. The van der Waals surface area contributed by atoms with Crippen LogP contribution in [0, 0.1) is 5.92 Å². The van der Waals surface area contributed by atoms with Crippen LogP contribution < -0.4 is 5.73 Å². The molecule has 0 bridgehead atoms. The van der Waals surface area contributed by atoms with E-state index >= 15 is 0 Å². The highest BCUT2D eigenvalue weighted by Gasteiger charge is 2.37. The van der Waals surface area contributed by atoms with E-state index in [1.54, 1.807) is 7.11 Å². The summed E-state index contributed by atoms with van der Waals surface area (Å²) in [4.78, 5) is 2.51. The molecule has 3 nitrogen and oxygen atoms in total. The van der Waals surface area contributed by atoms with Crippen LogP contribution in [-0.2, 0) is 4.74 Å². The van der Waals surface area contributed by atoms with E-state index in [4.69, 9.17) is 10.5 Å². The summed E-state index contributed by atoms with van der Waals surface area (Å²) in [6, 6.07) is 0.638. The van der Waals surface area contributed by atoms with Crippen molar-refractivity contribution in [3.05, 3.63) is 0 Å². The van der Waals surface area contributed by atoms with Crippen LogP contribution >= 0.6 is 0 Å². The molecule has 0 aromatic carbocycles. The molecule has 15 heavy (non-hydrogen) atoms. The minimum atomic E-state index is 0.0839. The highest BCUT2D eigenvalue weighted by Crippen LogP contribution is 2.37. The van der Waals surface area contributed by atoms with Crippen molar-refractivity contribution in [2.75, 3.05) is 26.8 Å². The van der Waals surface area contributed by atoms with Crippen LogP contribution in [0.2, 0.25) is 0 Å². The van der Waals surface area contributed by atoms with Crippen LogP contribution in [0.4, 0.5) is 0 Å². The first kappa shape index (κ1) is 12.9. The van der Waals surface area contributed by atoms with Gasteiger partial charge < -0.3 is 10.5 Å². The Morgan fingerprint density at radius 2 is 2.07 bits per heavy atom. The molecule has 1 unspecified atom stereocenters. The summed E-state index contributed by atoms with van der Waals surface area (Å²) in [5.41, 5.74) is 5.94. The summed E-state index contributed by atoms with van der Waals surface area (Å²) in [6.07, 6.45) is 2.76. The molecule has 2 N–H and O–H groups in total. The Bertz CT molecular complexity index is 190. The van der Waals surface area contributed by atoms with Gasteiger partial charge in [0.1, 0.15) is 0 Å². The number of ether oxygens (including phenoxy) is 1. The molecule has 0 aromatic rings. The van der Waals surface area contributed by atoms with E-state index in [2.05, 4.69) is 25.7 Å². The Hall–Kier alpha value is -0.120. The van der Waals surface area contributed by atoms with Gasteiger partial charge in [0.15, 0.2) is 0 Å². The quantitative estimate of drug-likeness (QED) is 0.697. The van der Waals surface area contributed by atoms with Crippen molar-refractivity contribution < 1.29 is 4.74 Å². The van der Waals surface area contributed by atoms with Gasteiger partial charge in [-0.2, -0.15) is 0 Å². The molecule has 0 heterocycles. The fraction of sp³-hybridized carbons (Fsp3) is 1.00. The third-order valence-electron chi connectivity index (χ3n) is 3.61. The zero-order valence-electron chi connectivity index (χ0n) is 10.6. The topological polar surface area (TPSA) is 38.5 Å². The van der Waals surface area contributed by atoms with Crippen molar-refractivity contribution in [1.82, 2.24) is 4.90 Å². The summed E-state index contributed by atoms with van der Waals surface area (Å²) < 4.78 is 5.18. The van der Waals surface area contributed by atoms with E-state index in [1.807, 2.05) is 0 Å². The molecule has 1 atom stereocenters. The van der Waals surface area contributed by atoms with E-state index in [0.717, 1.165) is 19.1 Å². The van der Waals surface area contributed by atoms with Gasteiger partial charge in [-0.05, 0) is 39.5 Å². The van der Waals surface area contributed by atoms with E-state index in [9.17, 15) is 0 Å². The Morgan fingerprint density at radius 1 is 1.47 bits per heavy atom. The number of hydrogen-bond donors (Lipinski definition) is 1. The Kier molecular flexibility index (Phi) is 4.56. The van der Waals surface area contributed by atoms with E-state index in [1.165, 1.54) is 12.8 Å². The largest absolute Gasteiger partial charge is 0.383 e. The van der Waals surface area contributed by atoms with E-state index in [0.29, 0.717) is 12.6 Å². The number of nitrogens with two attached hydrogens (primary N) is 1. The lowest BCUT2D eigenvalue weighted by molar-refractivity contribution is 0.0415. The standard InChI is InChI=1S/C12H26N2O/c1-10(11-5-6-11)14(7-8-15-4)12(2,3)9-13/h10-11H,5-9,13H2,1-4H3. The Morgan fingerprint density at radius 3 is 2.47 bits per heavy atom. The predicted molar refractivity (Wildman–Crippen MR) is 63.9 cm³/mol. The minimum absolute atomic E-state index is 0.0839. The average Bonchev–Trinajstić information content (AvgIpc) is 3.01. The number of methoxy groups -OCH3 is 1. The van der Waals surface area contributed by atoms with Gasteiger partial charge in [-0.3, -0.25) is 4.90 Å². The fourth-order valence-electron chi connectivity index (χ4n) is 2.20. The first-order valence-electron chi connectivity index (χ1n) is 5.98. The van der Waals surface area contributed by atoms with Gasteiger partial charge in [0.25, 0.3) is 0 Å². The van der Waals surface area contributed by atoms with Crippen molar-refractivity contribution in [1.29, 1.82) is 0 Å². The molecule has 1 rings (SSSR count). The fourth-order valence-corrected chi connectivity index (χ4v) is 2.20. The maximum absolute atomic E-state index is 5.85. The summed E-state index contributed by atoms with van der Waals surface area (Å²) in [5.74, 6) is 0.882. The van der Waals surface area contributed by atoms with Crippen LogP contribution in [0.25, 0.3) is 0 Å². The average molecular weight is 214 g/mol. The van der Waals surface area contributed by atoms with Crippen molar-refractivity contribution >= 4 is 0 Å². The number of hydrogen-bond acceptors (Lipinski definition) is 3. The van der Waals surface area contributed by atoms with Gasteiger partial charge in [0.2, 0.25) is 0 Å². The first-order valence-corrected chi connectivity index (χ1v) is 5.98. The maximum Gasteiger partial charge on any atom is 0.0590 e. The van der Waals surface area contributed by atoms with Gasteiger partial charge >= 0.3 is 0 Å². The molecule has 0 saturated heterocycles. The summed E-state index contributed by atoms with van der Waals surface area (Å²) in [6.45, 7) is 9.25. The van der Waals surface area contributed by atoms with E-state index in [-0.39, 0.29) is 5.54 Å². The zero-order valence-corrected chi connectivity index (χ0v) is 10.6. The molecule has 1 aliphatic rings. The van der Waals surface area contributed by atoms with Crippen LogP contribution in [0.1, 0.15) is 33.6 Å². The van der Waals surface area contributed by atoms with Crippen molar-refractivity contribution in [3.8, 4) is 0 Å². The minimum Gasteiger partial charge on any atom is -0.383 e. The summed E-state index contributed by atoms with van der Waals surface area (Å²) in [7, 11) is 1.76. The molecule has 0 amide bonds. The highest BCUT2D eigenvalue weighted by atomic mass is 16.5. The maximum atomic E-state index is 5.85. The van der Waals surface area contributed by atoms with Crippen LogP contribution in [0.3, 0.4) is 0 Å². The molecule has 0 radical (unpaired) electrons. The monoisotopic (exact) mass is 214 g/mol. The van der Waals surface area contributed by atoms with Crippen LogP contribution in [-0.4, -0.2) is 43.3 Å². The molecule has 1 fully saturated rings. The van der Waals surface area contributed by atoms with E-state index < -0.39 is 0 Å². The van der Waals surface area contributed by atoms with Gasteiger partial charge in [0, 0.05) is 31.8 Å². The molecule has 1 aliphatic carbocycles. The van der Waals surface area contributed by atoms with Gasteiger partial charge in [0.05, 0.1) is 6.61 Å². The summed E-state index contributed by atoms with van der Waals surface area (Å²) in [5, 5.41) is 0. The molecule has 90 valence electrons. The van der Waals surface area contributed by atoms with Gasteiger partial charge in [-0.15, -0.1) is 0 Å². The lowest BCUT2D eigenvalue weighted by Gasteiger charge is -2.42.